The SMILES string of the molecule is Cn1cc(C(=O)NCCc2ccc(C(=O)O)cc2)c2ccccc21. The molecule has 0 aliphatic rings. The Morgan fingerprint density at radius 3 is 2.50 bits per heavy atom. The van der Waals surface area contributed by atoms with Crippen LogP contribution in [0.15, 0.2) is 54.7 Å². The summed E-state index contributed by atoms with van der Waals surface area (Å²) in [7, 11) is 1.92. The van der Waals surface area contributed by atoms with Gasteiger partial charge in [0.25, 0.3) is 5.91 Å². The summed E-state index contributed by atoms with van der Waals surface area (Å²) in [5.74, 6) is -1.04. The van der Waals surface area contributed by atoms with E-state index >= 15 is 0 Å². The molecule has 3 rings (SSSR count). The van der Waals surface area contributed by atoms with Gasteiger partial charge in [-0.15, -0.1) is 0 Å². The van der Waals surface area contributed by atoms with Gasteiger partial charge in [0.05, 0.1) is 11.1 Å². The number of amides is 1. The van der Waals surface area contributed by atoms with Crippen molar-refractivity contribution in [1.29, 1.82) is 0 Å². The van der Waals surface area contributed by atoms with E-state index in [-0.39, 0.29) is 11.5 Å². The molecule has 1 heterocycles. The lowest BCUT2D eigenvalue weighted by molar-refractivity contribution is 0.0696. The number of carboxylic acid groups (broad SMARTS) is 1. The van der Waals surface area contributed by atoms with E-state index in [9.17, 15) is 9.59 Å². The Bertz CT molecular complexity index is 895. The quantitative estimate of drug-likeness (QED) is 0.759. The van der Waals surface area contributed by atoms with Gasteiger partial charge in [0, 0.05) is 30.7 Å². The average molecular weight is 322 g/mol. The summed E-state index contributed by atoms with van der Waals surface area (Å²) in [6.45, 7) is 0.495. The number of carbonyl (C=O) groups is 2. The minimum absolute atomic E-state index is 0.103. The predicted octanol–water partition coefficient (Wildman–Crippen LogP) is 2.85. The van der Waals surface area contributed by atoms with Gasteiger partial charge in [-0.2, -0.15) is 0 Å². The van der Waals surface area contributed by atoms with Gasteiger partial charge >= 0.3 is 5.97 Å². The van der Waals surface area contributed by atoms with Gasteiger partial charge in [0.2, 0.25) is 0 Å². The molecule has 3 aromatic rings. The Kier molecular flexibility index (Phi) is 4.33. The van der Waals surface area contributed by atoms with E-state index in [1.807, 2.05) is 42.1 Å². The lowest BCUT2D eigenvalue weighted by atomic mass is 10.1. The van der Waals surface area contributed by atoms with Crippen molar-refractivity contribution in [2.24, 2.45) is 7.05 Å². The second kappa shape index (κ2) is 6.58. The normalized spacial score (nSPS) is 10.7. The minimum Gasteiger partial charge on any atom is -0.478 e. The van der Waals surface area contributed by atoms with Gasteiger partial charge in [-0.3, -0.25) is 4.79 Å². The highest BCUT2D eigenvalue weighted by Gasteiger charge is 2.12. The molecule has 0 spiro atoms. The molecule has 0 unspecified atom stereocenters. The summed E-state index contributed by atoms with van der Waals surface area (Å²) in [5, 5.41) is 12.7. The number of nitrogens with one attached hydrogen (secondary N) is 1. The van der Waals surface area contributed by atoms with E-state index in [2.05, 4.69) is 5.32 Å². The van der Waals surface area contributed by atoms with Crippen molar-refractivity contribution in [2.45, 2.75) is 6.42 Å². The van der Waals surface area contributed by atoms with Crippen LogP contribution in [0.3, 0.4) is 0 Å². The number of hydrogen-bond acceptors (Lipinski definition) is 2. The zero-order valence-corrected chi connectivity index (χ0v) is 13.3. The first-order valence-electron chi connectivity index (χ1n) is 7.71. The maximum absolute atomic E-state index is 12.4. The van der Waals surface area contributed by atoms with E-state index in [0.29, 0.717) is 18.5 Å². The number of aryl methyl sites for hydroxylation is 1. The first kappa shape index (κ1) is 15.8. The number of para-hydroxylation sites is 1. The largest absolute Gasteiger partial charge is 0.478 e. The lowest BCUT2D eigenvalue weighted by Gasteiger charge is -2.05. The summed E-state index contributed by atoms with van der Waals surface area (Å²) in [4.78, 5) is 23.2. The Hall–Kier alpha value is -3.08. The van der Waals surface area contributed by atoms with Crippen LogP contribution in [0.25, 0.3) is 10.9 Å². The molecule has 2 N–H and O–H groups in total. The van der Waals surface area contributed by atoms with Crippen molar-refractivity contribution >= 4 is 22.8 Å². The van der Waals surface area contributed by atoms with E-state index in [1.54, 1.807) is 24.3 Å². The predicted molar refractivity (Wildman–Crippen MR) is 92.4 cm³/mol. The van der Waals surface area contributed by atoms with Gasteiger partial charge in [-0.25, -0.2) is 4.79 Å². The van der Waals surface area contributed by atoms with Gasteiger partial charge < -0.3 is 15.0 Å². The molecule has 2 aromatic carbocycles. The Balaban J connectivity index is 1.64. The third kappa shape index (κ3) is 3.15. The van der Waals surface area contributed by atoms with Crippen molar-refractivity contribution in [3.63, 3.8) is 0 Å². The number of benzene rings is 2. The maximum Gasteiger partial charge on any atom is 0.335 e. The van der Waals surface area contributed by atoms with Gasteiger partial charge in [-0.05, 0) is 30.2 Å². The summed E-state index contributed by atoms with van der Waals surface area (Å²) in [6, 6.07) is 14.5. The topological polar surface area (TPSA) is 71.3 Å². The standard InChI is InChI=1S/C19H18N2O3/c1-21-12-16(15-4-2-3-5-17(15)21)18(22)20-11-10-13-6-8-14(9-7-13)19(23)24/h2-9,12H,10-11H2,1H3,(H,20,22)(H,23,24). The molecule has 1 aromatic heterocycles. The number of fused-ring (bicyclic) bond motifs is 1. The van der Waals surface area contributed by atoms with Crippen molar-refractivity contribution in [3.05, 3.63) is 71.4 Å². The summed E-state index contributed by atoms with van der Waals surface area (Å²) >= 11 is 0. The number of carboxylic acids is 1. The molecule has 5 heteroatoms. The van der Waals surface area contributed by atoms with Crippen LogP contribution in [0.4, 0.5) is 0 Å². The van der Waals surface area contributed by atoms with E-state index in [0.717, 1.165) is 16.5 Å². The fraction of sp³-hybridized carbons (Fsp3) is 0.158. The first-order chi connectivity index (χ1) is 11.6. The van der Waals surface area contributed by atoms with E-state index in [1.165, 1.54) is 0 Å². The number of carbonyl (C=O) groups excluding carboxylic acids is 1. The second-order valence-corrected chi connectivity index (χ2v) is 5.68. The Morgan fingerprint density at radius 2 is 1.79 bits per heavy atom. The monoisotopic (exact) mass is 322 g/mol. The smallest absolute Gasteiger partial charge is 0.335 e. The van der Waals surface area contributed by atoms with Gasteiger partial charge in [-0.1, -0.05) is 30.3 Å². The van der Waals surface area contributed by atoms with Gasteiger partial charge in [0.1, 0.15) is 0 Å². The number of rotatable bonds is 5. The number of nitrogens with zero attached hydrogens (tertiary/aromatic N) is 1. The molecule has 0 atom stereocenters. The fourth-order valence-electron chi connectivity index (χ4n) is 2.75. The molecular weight excluding hydrogens is 304 g/mol. The molecule has 0 aliphatic carbocycles. The number of aromatic carboxylic acids is 1. The van der Waals surface area contributed by atoms with Crippen LogP contribution in [0.5, 0.6) is 0 Å². The molecule has 0 fully saturated rings. The molecule has 0 saturated carbocycles. The Morgan fingerprint density at radius 1 is 1.08 bits per heavy atom. The third-order valence-electron chi connectivity index (χ3n) is 4.04. The lowest BCUT2D eigenvalue weighted by Crippen LogP contribution is -2.25. The van der Waals surface area contributed by atoms with Crippen molar-refractivity contribution < 1.29 is 14.7 Å². The summed E-state index contributed by atoms with van der Waals surface area (Å²) in [6.07, 6.45) is 2.48. The highest BCUT2D eigenvalue weighted by atomic mass is 16.4. The maximum atomic E-state index is 12.4. The highest BCUT2D eigenvalue weighted by molar-refractivity contribution is 6.06. The zero-order valence-electron chi connectivity index (χ0n) is 13.3. The van der Waals surface area contributed by atoms with Crippen molar-refractivity contribution in [3.8, 4) is 0 Å². The number of hydrogen-bond donors (Lipinski definition) is 2. The number of aromatic nitrogens is 1. The molecule has 1 amide bonds. The van der Waals surface area contributed by atoms with Crippen molar-refractivity contribution in [2.75, 3.05) is 6.54 Å². The molecule has 0 radical (unpaired) electrons. The van der Waals surface area contributed by atoms with Crippen LogP contribution in [0.2, 0.25) is 0 Å². The molecule has 24 heavy (non-hydrogen) atoms. The van der Waals surface area contributed by atoms with Crippen LogP contribution < -0.4 is 5.32 Å². The second-order valence-electron chi connectivity index (χ2n) is 5.68. The molecule has 0 aliphatic heterocycles. The third-order valence-corrected chi connectivity index (χ3v) is 4.04. The first-order valence-corrected chi connectivity index (χ1v) is 7.71. The van der Waals surface area contributed by atoms with Crippen LogP contribution in [0, 0.1) is 0 Å². The summed E-state index contributed by atoms with van der Waals surface area (Å²) < 4.78 is 1.94. The van der Waals surface area contributed by atoms with Crippen LogP contribution in [-0.4, -0.2) is 28.1 Å². The molecular formula is C19H18N2O3. The molecule has 5 nitrogen and oxygen atoms in total. The molecule has 0 saturated heterocycles. The van der Waals surface area contributed by atoms with Crippen molar-refractivity contribution in [1.82, 2.24) is 9.88 Å². The molecule has 122 valence electrons. The molecule has 0 bridgehead atoms. The summed E-state index contributed by atoms with van der Waals surface area (Å²) in [5.41, 5.74) is 2.93. The Labute approximate surface area is 139 Å². The average Bonchev–Trinajstić information content (AvgIpc) is 2.93. The fourth-order valence-corrected chi connectivity index (χ4v) is 2.75. The van der Waals surface area contributed by atoms with E-state index in [4.69, 9.17) is 5.11 Å². The van der Waals surface area contributed by atoms with E-state index < -0.39 is 5.97 Å². The van der Waals surface area contributed by atoms with Crippen LogP contribution >= 0.6 is 0 Å². The zero-order chi connectivity index (χ0) is 17.1. The van der Waals surface area contributed by atoms with Crippen LogP contribution in [0.1, 0.15) is 26.3 Å². The van der Waals surface area contributed by atoms with Crippen LogP contribution in [-0.2, 0) is 13.5 Å². The van der Waals surface area contributed by atoms with Gasteiger partial charge in [0.15, 0.2) is 0 Å². The highest BCUT2D eigenvalue weighted by Crippen LogP contribution is 2.20. The minimum atomic E-state index is -0.939.